The first-order valence-electron chi connectivity index (χ1n) is 11.2. The largest absolute Gasteiger partial charge is 0.496 e. The molecule has 4 aliphatic rings. The van der Waals surface area contributed by atoms with Crippen molar-refractivity contribution in [2.24, 2.45) is 5.92 Å². The van der Waals surface area contributed by atoms with E-state index in [1.807, 2.05) is 24.3 Å². The number of hydrogen-bond donors (Lipinski definition) is 1. The summed E-state index contributed by atoms with van der Waals surface area (Å²) in [6.45, 7) is 10.2. The number of nitrogens with zero attached hydrogens (tertiary/aromatic N) is 2. The van der Waals surface area contributed by atoms with E-state index in [1.54, 1.807) is 7.11 Å². The number of rotatable bonds is 6. The van der Waals surface area contributed by atoms with E-state index in [-0.39, 0.29) is 17.4 Å². The molecule has 4 saturated heterocycles. The lowest BCUT2D eigenvalue weighted by Crippen LogP contribution is -2.70. The van der Waals surface area contributed by atoms with Gasteiger partial charge in [-0.15, -0.1) is 6.58 Å². The molecule has 4 fully saturated rings. The fraction of sp³-hybridized carbons (Fsp3) is 0.423. The average molecular weight is 418 g/mol. The predicted octanol–water partition coefficient (Wildman–Crippen LogP) is 2.72. The molecule has 2 aromatic rings. The van der Waals surface area contributed by atoms with Crippen LogP contribution < -0.4 is 10.1 Å². The smallest absolute Gasteiger partial charge is 0.251 e. The van der Waals surface area contributed by atoms with Crippen LogP contribution in [-0.2, 0) is 11.8 Å². The Labute approximate surface area is 184 Å². The number of carbonyl (C=O) groups excluding carboxylic acids is 1. The molecule has 1 amide bonds. The molecule has 1 N–H and O–H groups in total. The van der Waals surface area contributed by atoms with Gasteiger partial charge in [0.1, 0.15) is 5.75 Å². The van der Waals surface area contributed by atoms with Gasteiger partial charge in [0.2, 0.25) is 0 Å². The van der Waals surface area contributed by atoms with Crippen molar-refractivity contribution < 1.29 is 9.53 Å². The molecule has 4 bridgehead atoms. The molecule has 0 spiro atoms. The van der Waals surface area contributed by atoms with E-state index >= 15 is 0 Å². The maximum absolute atomic E-state index is 13.4. The van der Waals surface area contributed by atoms with E-state index in [0.717, 1.165) is 50.6 Å². The Hall–Kier alpha value is -2.63. The Balaban J connectivity index is 1.48. The van der Waals surface area contributed by atoms with Crippen molar-refractivity contribution in [1.29, 1.82) is 0 Å². The highest BCUT2D eigenvalue weighted by atomic mass is 16.5. The number of piperidine rings is 2. The summed E-state index contributed by atoms with van der Waals surface area (Å²) >= 11 is 0. The lowest BCUT2D eigenvalue weighted by molar-refractivity contribution is 0.0180. The number of hydrogen-bond acceptors (Lipinski definition) is 4. The third-order valence-corrected chi connectivity index (χ3v) is 7.34. The Bertz CT molecular complexity index is 958. The Morgan fingerprint density at radius 2 is 1.87 bits per heavy atom. The molecule has 4 heterocycles. The van der Waals surface area contributed by atoms with Crippen LogP contribution in [0.5, 0.6) is 5.75 Å². The Morgan fingerprint density at radius 1 is 1.16 bits per heavy atom. The van der Waals surface area contributed by atoms with Crippen LogP contribution in [0.15, 0.2) is 61.2 Å². The van der Waals surface area contributed by atoms with Gasteiger partial charge in [-0.3, -0.25) is 4.79 Å². The third-order valence-electron chi connectivity index (χ3n) is 7.34. The number of allylic oxidation sites excluding steroid dienone is 1. The van der Waals surface area contributed by atoms with Gasteiger partial charge in [-0.25, -0.2) is 0 Å². The molecule has 2 aromatic carbocycles. The van der Waals surface area contributed by atoms with Crippen LogP contribution in [0.3, 0.4) is 0 Å². The first kappa shape index (κ1) is 20.3. The molecular weight excluding hydrogens is 386 g/mol. The van der Waals surface area contributed by atoms with E-state index in [1.165, 1.54) is 5.56 Å². The van der Waals surface area contributed by atoms with Crippen molar-refractivity contribution in [1.82, 2.24) is 15.1 Å². The van der Waals surface area contributed by atoms with Gasteiger partial charge >= 0.3 is 0 Å². The van der Waals surface area contributed by atoms with Crippen molar-refractivity contribution in [2.75, 3.05) is 46.4 Å². The molecule has 0 aromatic heterocycles. The maximum atomic E-state index is 13.4. The highest BCUT2D eigenvalue weighted by molar-refractivity contribution is 5.95. The Kier molecular flexibility index (Phi) is 5.32. The first-order chi connectivity index (χ1) is 15.1. The van der Waals surface area contributed by atoms with Crippen LogP contribution in [0, 0.1) is 5.92 Å². The number of nitrogens with one attached hydrogen (secondary N) is 1. The van der Waals surface area contributed by atoms with Crippen LogP contribution in [0.1, 0.15) is 21.5 Å². The second-order valence-electron chi connectivity index (χ2n) is 9.22. The zero-order valence-corrected chi connectivity index (χ0v) is 18.2. The maximum Gasteiger partial charge on any atom is 0.251 e. The van der Waals surface area contributed by atoms with Crippen molar-refractivity contribution in [2.45, 2.75) is 17.9 Å². The summed E-state index contributed by atoms with van der Waals surface area (Å²) in [6.07, 6.45) is 2.52. The van der Waals surface area contributed by atoms with Gasteiger partial charge in [0.15, 0.2) is 0 Å². The summed E-state index contributed by atoms with van der Waals surface area (Å²) in [6, 6.07) is 16.6. The lowest BCUT2D eigenvalue weighted by Gasteiger charge is -2.55. The number of fused-ring (bicyclic) bond motifs is 1. The highest BCUT2D eigenvalue weighted by Crippen LogP contribution is 2.43. The van der Waals surface area contributed by atoms with E-state index in [2.05, 4.69) is 52.0 Å². The van der Waals surface area contributed by atoms with Gasteiger partial charge in [0.25, 0.3) is 5.91 Å². The monoisotopic (exact) mass is 417 g/mol. The van der Waals surface area contributed by atoms with E-state index in [4.69, 9.17) is 4.74 Å². The second kappa shape index (κ2) is 8.13. The van der Waals surface area contributed by atoms with Gasteiger partial charge in [-0.05, 0) is 35.7 Å². The van der Waals surface area contributed by atoms with Crippen molar-refractivity contribution in [3.63, 3.8) is 0 Å². The quantitative estimate of drug-likeness (QED) is 0.734. The summed E-state index contributed by atoms with van der Waals surface area (Å²) in [7, 11) is 1.66. The summed E-state index contributed by atoms with van der Waals surface area (Å²) in [4.78, 5) is 18.6. The zero-order chi connectivity index (χ0) is 21.4. The minimum Gasteiger partial charge on any atom is -0.496 e. The minimum absolute atomic E-state index is 0.00409. The topological polar surface area (TPSA) is 44.8 Å². The fourth-order valence-corrected chi connectivity index (χ4v) is 6.03. The van der Waals surface area contributed by atoms with E-state index in [0.29, 0.717) is 17.9 Å². The van der Waals surface area contributed by atoms with E-state index in [9.17, 15) is 4.79 Å². The zero-order valence-electron chi connectivity index (χ0n) is 18.2. The summed E-state index contributed by atoms with van der Waals surface area (Å²) < 4.78 is 5.46. The molecule has 31 heavy (non-hydrogen) atoms. The van der Waals surface area contributed by atoms with Crippen LogP contribution in [0.4, 0.5) is 0 Å². The summed E-state index contributed by atoms with van der Waals surface area (Å²) in [5.41, 5.74) is 2.93. The molecule has 162 valence electrons. The minimum atomic E-state index is -0.0784. The van der Waals surface area contributed by atoms with E-state index < -0.39 is 0 Å². The number of benzene rings is 2. The summed E-state index contributed by atoms with van der Waals surface area (Å²) in [5.74, 6) is 1.23. The molecule has 6 rings (SSSR count). The molecular formula is C26H31N3O2. The van der Waals surface area contributed by atoms with Gasteiger partial charge in [0.05, 0.1) is 7.11 Å². The molecule has 5 nitrogen and oxygen atoms in total. The molecule has 4 aliphatic heterocycles. The van der Waals surface area contributed by atoms with Crippen molar-refractivity contribution in [3.05, 3.63) is 77.9 Å². The van der Waals surface area contributed by atoms with Crippen LogP contribution >= 0.6 is 0 Å². The SMILES string of the molecule is C=CCc1cc(C(=O)NC2C3CN4CCN(C3)CC2(c2ccccc2)C4)ccc1OC. The highest BCUT2D eigenvalue weighted by Gasteiger charge is 2.55. The van der Waals surface area contributed by atoms with Gasteiger partial charge < -0.3 is 19.9 Å². The predicted molar refractivity (Wildman–Crippen MR) is 123 cm³/mol. The molecule has 0 radical (unpaired) electrons. The first-order valence-corrected chi connectivity index (χ1v) is 11.2. The number of methoxy groups -OCH3 is 1. The standard InChI is InChI=1S/C26H31N3O2/c1-3-7-19-14-20(10-11-23(19)31-2)25(30)27-24-21-15-28-12-13-29(16-21)18-26(24,17-28)22-8-5-4-6-9-22/h3-6,8-11,14,21,24H,1,7,12-13,15-18H2,2H3,(H,27,30). The van der Waals surface area contributed by atoms with Crippen molar-refractivity contribution >= 4 is 5.91 Å². The van der Waals surface area contributed by atoms with Gasteiger partial charge in [-0.2, -0.15) is 0 Å². The molecule has 5 heteroatoms. The van der Waals surface area contributed by atoms with Gasteiger partial charge in [0, 0.05) is 62.2 Å². The number of amides is 1. The average Bonchev–Trinajstić information content (AvgIpc) is 3.05. The van der Waals surface area contributed by atoms with Crippen LogP contribution in [-0.4, -0.2) is 68.1 Å². The Morgan fingerprint density at radius 3 is 2.52 bits per heavy atom. The van der Waals surface area contributed by atoms with Crippen molar-refractivity contribution in [3.8, 4) is 5.75 Å². The molecule has 3 atom stereocenters. The number of carbonyl (C=O) groups is 1. The normalized spacial score (nSPS) is 31.1. The van der Waals surface area contributed by atoms with Gasteiger partial charge in [-0.1, -0.05) is 36.4 Å². The van der Waals surface area contributed by atoms with Crippen LogP contribution in [0.25, 0.3) is 0 Å². The molecule has 0 aliphatic carbocycles. The third kappa shape index (κ3) is 3.56. The lowest BCUT2D eigenvalue weighted by atomic mass is 9.64. The summed E-state index contributed by atoms with van der Waals surface area (Å²) in [5, 5.41) is 3.49. The fourth-order valence-electron chi connectivity index (χ4n) is 6.03. The molecule has 3 unspecified atom stereocenters. The number of ether oxygens (including phenoxy) is 1. The van der Waals surface area contributed by atoms with Crippen LogP contribution in [0.2, 0.25) is 0 Å². The molecule has 0 saturated carbocycles. The second-order valence-corrected chi connectivity index (χ2v) is 9.22.